The predicted molar refractivity (Wildman–Crippen MR) is 79.7 cm³/mol. The predicted octanol–water partition coefficient (Wildman–Crippen LogP) is 2.18. The van der Waals surface area contributed by atoms with Crippen LogP contribution in [0.3, 0.4) is 0 Å². The summed E-state index contributed by atoms with van der Waals surface area (Å²) in [6.07, 6.45) is 1.06. The molecular formula is C14H18INO2. The first-order valence-electron chi connectivity index (χ1n) is 6.25. The van der Waals surface area contributed by atoms with Crippen molar-refractivity contribution in [2.45, 2.75) is 19.4 Å². The maximum atomic E-state index is 12.2. The van der Waals surface area contributed by atoms with Crippen molar-refractivity contribution in [3.8, 4) is 0 Å². The van der Waals surface area contributed by atoms with E-state index in [1.54, 1.807) is 0 Å². The molecule has 0 amide bonds. The van der Waals surface area contributed by atoms with E-state index in [9.17, 15) is 9.90 Å². The van der Waals surface area contributed by atoms with E-state index in [1.165, 1.54) is 0 Å². The molecule has 1 saturated heterocycles. The molecule has 1 aliphatic heterocycles. The van der Waals surface area contributed by atoms with Gasteiger partial charge in [0.2, 0.25) is 0 Å². The zero-order valence-corrected chi connectivity index (χ0v) is 12.6. The number of carbonyl (C=O) groups excluding carboxylic acids is 1. The molecule has 1 fully saturated rings. The Morgan fingerprint density at radius 3 is 2.72 bits per heavy atom. The summed E-state index contributed by atoms with van der Waals surface area (Å²) >= 11 is 2.23. The van der Waals surface area contributed by atoms with E-state index in [0.717, 1.165) is 22.1 Å². The minimum Gasteiger partial charge on any atom is -0.395 e. The Morgan fingerprint density at radius 2 is 2.11 bits per heavy atom. The molecule has 18 heavy (non-hydrogen) atoms. The standard InChI is InChI=1S/C14H18INO2/c1-10-6-7-16(13(10)9-17)8-14(18)11-2-4-12(15)5-3-11/h2-5,10,13,17H,6-9H2,1H3. The Hall–Kier alpha value is -0.460. The highest BCUT2D eigenvalue weighted by atomic mass is 127. The van der Waals surface area contributed by atoms with Gasteiger partial charge in [0.05, 0.1) is 13.2 Å². The summed E-state index contributed by atoms with van der Waals surface area (Å²) in [5.41, 5.74) is 0.756. The van der Waals surface area contributed by atoms with Crippen molar-refractivity contribution in [3.63, 3.8) is 0 Å². The minimum absolute atomic E-state index is 0.137. The second-order valence-electron chi connectivity index (χ2n) is 4.92. The first kappa shape index (κ1) is 14.0. The highest BCUT2D eigenvalue weighted by Gasteiger charge is 2.31. The molecular weight excluding hydrogens is 341 g/mol. The van der Waals surface area contributed by atoms with Gasteiger partial charge >= 0.3 is 0 Å². The van der Waals surface area contributed by atoms with Crippen LogP contribution >= 0.6 is 22.6 Å². The Kier molecular flexibility index (Phi) is 4.75. The number of rotatable bonds is 4. The zero-order valence-electron chi connectivity index (χ0n) is 10.5. The van der Waals surface area contributed by atoms with Gasteiger partial charge in [-0.2, -0.15) is 0 Å². The van der Waals surface area contributed by atoms with Crippen LogP contribution in [0.1, 0.15) is 23.7 Å². The van der Waals surface area contributed by atoms with Crippen LogP contribution in [0.25, 0.3) is 0 Å². The van der Waals surface area contributed by atoms with Gasteiger partial charge in [0, 0.05) is 15.2 Å². The maximum absolute atomic E-state index is 12.2. The number of likely N-dealkylation sites (tertiary alicyclic amines) is 1. The lowest BCUT2D eigenvalue weighted by atomic mass is 10.0. The summed E-state index contributed by atoms with van der Waals surface area (Å²) in [4.78, 5) is 14.3. The summed E-state index contributed by atoms with van der Waals surface area (Å²) in [5, 5.41) is 9.37. The highest BCUT2D eigenvalue weighted by Crippen LogP contribution is 2.23. The van der Waals surface area contributed by atoms with Gasteiger partial charge in [0.25, 0.3) is 0 Å². The average molecular weight is 359 g/mol. The number of nitrogens with zero attached hydrogens (tertiary/aromatic N) is 1. The molecule has 0 saturated carbocycles. The largest absolute Gasteiger partial charge is 0.395 e. The molecule has 2 atom stereocenters. The third-order valence-corrected chi connectivity index (χ3v) is 4.42. The normalized spacial score (nSPS) is 24.4. The molecule has 1 heterocycles. The molecule has 1 aromatic carbocycles. The number of Topliss-reactive ketones (excluding diaryl/α,β-unsaturated/α-hetero) is 1. The van der Waals surface area contributed by atoms with Crippen molar-refractivity contribution < 1.29 is 9.90 Å². The van der Waals surface area contributed by atoms with Crippen LogP contribution in [0, 0.1) is 9.49 Å². The zero-order chi connectivity index (χ0) is 13.1. The van der Waals surface area contributed by atoms with Gasteiger partial charge in [-0.3, -0.25) is 9.69 Å². The smallest absolute Gasteiger partial charge is 0.176 e. The fraction of sp³-hybridized carbons (Fsp3) is 0.500. The second kappa shape index (κ2) is 6.12. The van der Waals surface area contributed by atoms with Crippen LogP contribution in [0.15, 0.2) is 24.3 Å². The molecule has 2 rings (SSSR count). The third-order valence-electron chi connectivity index (χ3n) is 3.70. The van der Waals surface area contributed by atoms with E-state index in [4.69, 9.17) is 0 Å². The number of ketones is 1. The number of aliphatic hydroxyl groups is 1. The van der Waals surface area contributed by atoms with Crippen molar-refractivity contribution in [1.29, 1.82) is 0 Å². The lowest BCUT2D eigenvalue weighted by Crippen LogP contribution is -2.38. The van der Waals surface area contributed by atoms with Crippen molar-refractivity contribution in [3.05, 3.63) is 33.4 Å². The van der Waals surface area contributed by atoms with Gasteiger partial charge in [-0.1, -0.05) is 19.1 Å². The number of hydrogen-bond acceptors (Lipinski definition) is 3. The van der Waals surface area contributed by atoms with Gasteiger partial charge < -0.3 is 5.11 Å². The first-order valence-corrected chi connectivity index (χ1v) is 7.33. The van der Waals surface area contributed by atoms with Crippen molar-refractivity contribution in [2.24, 2.45) is 5.92 Å². The fourth-order valence-electron chi connectivity index (χ4n) is 2.49. The van der Waals surface area contributed by atoms with Crippen molar-refractivity contribution >= 4 is 28.4 Å². The van der Waals surface area contributed by atoms with E-state index >= 15 is 0 Å². The van der Waals surface area contributed by atoms with E-state index < -0.39 is 0 Å². The van der Waals surface area contributed by atoms with Crippen molar-refractivity contribution in [2.75, 3.05) is 19.7 Å². The lowest BCUT2D eigenvalue weighted by molar-refractivity contribution is 0.0866. The number of halogens is 1. The third kappa shape index (κ3) is 3.10. The minimum atomic E-state index is 0.137. The highest BCUT2D eigenvalue weighted by molar-refractivity contribution is 14.1. The Bertz CT molecular complexity index is 418. The molecule has 1 N–H and O–H groups in total. The molecule has 0 aliphatic carbocycles. The molecule has 0 spiro atoms. The topological polar surface area (TPSA) is 40.5 Å². The maximum Gasteiger partial charge on any atom is 0.176 e. The number of benzene rings is 1. The quantitative estimate of drug-likeness (QED) is 0.662. The fourth-order valence-corrected chi connectivity index (χ4v) is 2.85. The number of carbonyl (C=O) groups is 1. The lowest BCUT2D eigenvalue weighted by Gasteiger charge is -2.24. The van der Waals surface area contributed by atoms with Crippen LogP contribution in [-0.2, 0) is 0 Å². The van der Waals surface area contributed by atoms with Crippen molar-refractivity contribution in [1.82, 2.24) is 4.90 Å². The molecule has 1 aromatic rings. The number of hydrogen-bond donors (Lipinski definition) is 1. The first-order chi connectivity index (χ1) is 8.61. The van der Waals surface area contributed by atoms with Gasteiger partial charge in [0.1, 0.15) is 0 Å². The molecule has 4 heteroatoms. The summed E-state index contributed by atoms with van der Waals surface area (Å²) in [5.74, 6) is 0.610. The molecule has 3 nitrogen and oxygen atoms in total. The average Bonchev–Trinajstić information content (AvgIpc) is 2.70. The van der Waals surface area contributed by atoms with Crippen LogP contribution < -0.4 is 0 Å². The SMILES string of the molecule is CC1CCN(CC(=O)c2ccc(I)cc2)C1CO. The van der Waals surface area contributed by atoms with Crippen LogP contribution in [0.2, 0.25) is 0 Å². The molecule has 0 radical (unpaired) electrons. The van der Waals surface area contributed by atoms with Crippen LogP contribution in [-0.4, -0.2) is 41.5 Å². The molecule has 0 aromatic heterocycles. The Morgan fingerprint density at radius 1 is 1.44 bits per heavy atom. The molecule has 2 unspecified atom stereocenters. The number of aliphatic hydroxyl groups excluding tert-OH is 1. The Balaban J connectivity index is 2.01. The van der Waals surface area contributed by atoms with E-state index in [1.807, 2.05) is 24.3 Å². The summed E-state index contributed by atoms with van der Waals surface area (Å²) in [6, 6.07) is 7.78. The molecule has 98 valence electrons. The monoisotopic (exact) mass is 359 g/mol. The summed E-state index contributed by atoms with van der Waals surface area (Å²) in [7, 11) is 0. The van der Waals surface area contributed by atoms with Crippen LogP contribution in [0.5, 0.6) is 0 Å². The molecule has 1 aliphatic rings. The van der Waals surface area contributed by atoms with Gasteiger partial charge in [-0.15, -0.1) is 0 Å². The molecule has 0 bridgehead atoms. The van der Waals surface area contributed by atoms with Gasteiger partial charge in [-0.25, -0.2) is 0 Å². The van der Waals surface area contributed by atoms with Gasteiger partial charge in [0.15, 0.2) is 5.78 Å². The second-order valence-corrected chi connectivity index (χ2v) is 6.16. The van der Waals surface area contributed by atoms with E-state index in [-0.39, 0.29) is 18.4 Å². The summed E-state index contributed by atoms with van der Waals surface area (Å²) in [6.45, 7) is 3.59. The Labute approximate surface area is 121 Å². The van der Waals surface area contributed by atoms with E-state index in [0.29, 0.717) is 12.5 Å². The van der Waals surface area contributed by atoms with E-state index in [2.05, 4.69) is 34.4 Å². The van der Waals surface area contributed by atoms with Crippen LogP contribution in [0.4, 0.5) is 0 Å². The van der Waals surface area contributed by atoms with Gasteiger partial charge in [-0.05, 0) is 53.6 Å². The summed E-state index contributed by atoms with van der Waals surface area (Å²) < 4.78 is 1.13.